The second kappa shape index (κ2) is 4.28. The zero-order chi connectivity index (χ0) is 13.4. The molecule has 2 heterocycles. The van der Waals surface area contributed by atoms with Crippen molar-refractivity contribution in [3.8, 4) is 11.5 Å². The number of hydrogen-bond acceptors (Lipinski definition) is 4. The number of pyridine rings is 1. The average molecular weight is 254 g/mol. The number of benzene rings is 1. The lowest BCUT2D eigenvalue weighted by Crippen LogP contribution is -2.03. The third-order valence-corrected chi connectivity index (χ3v) is 2.87. The van der Waals surface area contributed by atoms with E-state index in [4.69, 9.17) is 5.73 Å². The topological polar surface area (TPSA) is 64.7 Å². The molecule has 4 nitrogen and oxygen atoms in total. The summed E-state index contributed by atoms with van der Waals surface area (Å²) in [4.78, 5) is 12.5. The van der Waals surface area contributed by atoms with Gasteiger partial charge in [0.25, 0.3) is 0 Å². The Morgan fingerprint density at radius 3 is 2.58 bits per heavy atom. The number of aromatic nitrogens is 3. The summed E-state index contributed by atoms with van der Waals surface area (Å²) in [5, 5.41) is 1.03. The summed E-state index contributed by atoms with van der Waals surface area (Å²) in [6.07, 6.45) is 0. The second-order valence-corrected chi connectivity index (χ2v) is 4.22. The van der Waals surface area contributed by atoms with Crippen LogP contribution in [0.5, 0.6) is 0 Å². The fraction of sp³-hybridized carbons (Fsp3) is 0.0714. The molecule has 0 unspecified atom stereocenters. The predicted molar refractivity (Wildman–Crippen MR) is 71.9 cm³/mol. The molecule has 0 saturated carbocycles. The molecule has 0 radical (unpaired) electrons. The lowest BCUT2D eigenvalue weighted by Gasteiger charge is -2.05. The van der Waals surface area contributed by atoms with Gasteiger partial charge in [-0.3, -0.25) is 0 Å². The molecule has 0 fully saturated rings. The summed E-state index contributed by atoms with van der Waals surface area (Å²) < 4.78 is 13.4. The van der Waals surface area contributed by atoms with E-state index in [0.717, 1.165) is 10.9 Å². The first kappa shape index (κ1) is 11.5. The fourth-order valence-electron chi connectivity index (χ4n) is 1.89. The summed E-state index contributed by atoms with van der Waals surface area (Å²) in [6, 6.07) is 11.4. The lowest BCUT2D eigenvalue weighted by atomic mass is 10.2. The number of nitrogens with two attached hydrogens (primary N) is 1. The highest BCUT2D eigenvalue weighted by Crippen LogP contribution is 2.20. The van der Waals surface area contributed by atoms with Crippen molar-refractivity contribution in [3.63, 3.8) is 0 Å². The maximum Gasteiger partial charge on any atom is 0.186 e. The molecule has 0 aliphatic heterocycles. The molecule has 94 valence electrons. The van der Waals surface area contributed by atoms with E-state index in [1.54, 1.807) is 13.0 Å². The van der Waals surface area contributed by atoms with Crippen LogP contribution >= 0.6 is 0 Å². The minimum Gasteiger partial charge on any atom is -0.381 e. The van der Waals surface area contributed by atoms with Gasteiger partial charge in [0.2, 0.25) is 0 Å². The van der Waals surface area contributed by atoms with E-state index in [2.05, 4.69) is 15.0 Å². The summed E-state index contributed by atoms with van der Waals surface area (Å²) in [5.74, 6) is -0.399. The Morgan fingerprint density at radius 2 is 1.79 bits per heavy atom. The van der Waals surface area contributed by atoms with Crippen LogP contribution in [0, 0.1) is 12.7 Å². The van der Waals surface area contributed by atoms with E-state index in [9.17, 15) is 4.39 Å². The Kier molecular flexibility index (Phi) is 2.59. The van der Waals surface area contributed by atoms with E-state index < -0.39 is 5.82 Å². The number of rotatable bonds is 1. The molecule has 0 amide bonds. The van der Waals surface area contributed by atoms with Crippen molar-refractivity contribution in [1.29, 1.82) is 0 Å². The Hall–Kier alpha value is -2.56. The third kappa shape index (κ3) is 1.99. The third-order valence-electron chi connectivity index (χ3n) is 2.87. The maximum absolute atomic E-state index is 13.4. The van der Waals surface area contributed by atoms with Crippen LogP contribution in [0.2, 0.25) is 0 Å². The van der Waals surface area contributed by atoms with Crippen LogP contribution in [0.3, 0.4) is 0 Å². The fourth-order valence-corrected chi connectivity index (χ4v) is 1.89. The Morgan fingerprint density at radius 1 is 1.00 bits per heavy atom. The molecule has 0 atom stereocenters. The molecule has 0 aliphatic carbocycles. The first-order valence-corrected chi connectivity index (χ1v) is 5.81. The quantitative estimate of drug-likeness (QED) is 0.725. The summed E-state index contributed by atoms with van der Waals surface area (Å²) >= 11 is 0. The van der Waals surface area contributed by atoms with Crippen molar-refractivity contribution in [2.75, 3.05) is 5.73 Å². The zero-order valence-electron chi connectivity index (χ0n) is 10.3. The number of hydrogen-bond donors (Lipinski definition) is 1. The Labute approximate surface area is 109 Å². The Balaban J connectivity index is 2.19. The standard InChI is InChI=1S/C14H11FN4/c1-8-12(15)13(16)19-14(17-8)11-7-6-9-4-2-3-5-10(9)18-11/h2-7H,1H3,(H2,16,17,19). The maximum atomic E-state index is 13.4. The molecule has 0 bridgehead atoms. The molecular weight excluding hydrogens is 243 g/mol. The first-order valence-electron chi connectivity index (χ1n) is 5.81. The summed E-state index contributed by atoms with van der Waals surface area (Å²) in [7, 11) is 0. The van der Waals surface area contributed by atoms with Crippen molar-refractivity contribution in [2.45, 2.75) is 6.92 Å². The van der Waals surface area contributed by atoms with Gasteiger partial charge in [-0.2, -0.15) is 0 Å². The molecule has 3 aromatic rings. The lowest BCUT2D eigenvalue weighted by molar-refractivity contribution is 0.608. The number of halogens is 1. The van der Waals surface area contributed by atoms with Crippen LogP contribution in [0.1, 0.15) is 5.69 Å². The number of nitrogen functional groups attached to an aromatic ring is 1. The van der Waals surface area contributed by atoms with Crippen LogP contribution in [-0.4, -0.2) is 15.0 Å². The van der Waals surface area contributed by atoms with Crippen molar-refractivity contribution in [3.05, 3.63) is 47.9 Å². The minimum absolute atomic E-state index is 0.155. The number of anilines is 1. The molecule has 2 N–H and O–H groups in total. The van der Waals surface area contributed by atoms with E-state index >= 15 is 0 Å². The van der Waals surface area contributed by atoms with Crippen molar-refractivity contribution < 1.29 is 4.39 Å². The van der Waals surface area contributed by atoms with Crippen molar-refractivity contribution >= 4 is 16.7 Å². The first-order chi connectivity index (χ1) is 9.15. The molecule has 3 rings (SSSR count). The molecule has 19 heavy (non-hydrogen) atoms. The van der Waals surface area contributed by atoms with Gasteiger partial charge in [0.1, 0.15) is 5.69 Å². The van der Waals surface area contributed by atoms with E-state index in [1.165, 1.54) is 0 Å². The van der Waals surface area contributed by atoms with Gasteiger partial charge in [-0.15, -0.1) is 0 Å². The van der Waals surface area contributed by atoms with Crippen LogP contribution in [0.15, 0.2) is 36.4 Å². The van der Waals surface area contributed by atoms with Crippen molar-refractivity contribution in [2.24, 2.45) is 0 Å². The van der Waals surface area contributed by atoms with Gasteiger partial charge in [0, 0.05) is 5.39 Å². The van der Waals surface area contributed by atoms with E-state index in [1.807, 2.05) is 30.3 Å². The van der Waals surface area contributed by atoms with Crippen LogP contribution < -0.4 is 5.73 Å². The van der Waals surface area contributed by atoms with E-state index in [-0.39, 0.29) is 11.5 Å². The normalized spacial score (nSPS) is 10.8. The number of nitrogens with zero attached hydrogens (tertiary/aromatic N) is 3. The smallest absolute Gasteiger partial charge is 0.186 e. The largest absolute Gasteiger partial charge is 0.381 e. The molecule has 1 aromatic carbocycles. The molecule has 0 saturated heterocycles. The molecule has 2 aromatic heterocycles. The van der Waals surface area contributed by atoms with Crippen LogP contribution in [0.4, 0.5) is 10.2 Å². The average Bonchev–Trinajstić information content (AvgIpc) is 2.43. The van der Waals surface area contributed by atoms with Gasteiger partial charge in [-0.05, 0) is 19.1 Å². The van der Waals surface area contributed by atoms with Gasteiger partial charge < -0.3 is 5.73 Å². The highest BCUT2D eigenvalue weighted by atomic mass is 19.1. The molecule has 0 spiro atoms. The predicted octanol–water partition coefficient (Wildman–Crippen LogP) is 2.72. The number of fused-ring (bicyclic) bond motifs is 1. The van der Waals surface area contributed by atoms with E-state index in [0.29, 0.717) is 11.5 Å². The summed E-state index contributed by atoms with van der Waals surface area (Å²) in [5.41, 5.74) is 7.15. The van der Waals surface area contributed by atoms with Gasteiger partial charge in [-0.1, -0.05) is 24.3 Å². The monoisotopic (exact) mass is 254 g/mol. The van der Waals surface area contributed by atoms with Crippen molar-refractivity contribution in [1.82, 2.24) is 15.0 Å². The van der Waals surface area contributed by atoms with Crippen LogP contribution in [-0.2, 0) is 0 Å². The van der Waals surface area contributed by atoms with Gasteiger partial charge in [-0.25, -0.2) is 19.3 Å². The highest BCUT2D eigenvalue weighted by molar-refractivity contribution is 5.80. The SMILES string of the molecule is Cc1nc(-c2ccc3ccccc3n2)nc(N)c1F. The molecular formula is C14H11FN4. The van der Waals surface area contributed by atoms with Gasteiger partial charge in [0.05, 0.1) is 11.2 Å². The zero-order valence-corrected chi connectivity index (χ0v) is 10.3. The summed E-state index contributed by atoms with van der Waals surface area (Å²) in [6.45, 7) is 1.55. The second-order valence-electron chi connectivity index (χ2n) is 4.22. The Bertz CT molecular complexity index is 747. The number of aryl methyl sites for hydroxylation is 1. The molecule has 0 aliphatic rings. The van der Waals surface area contributed by atoms with Gasteiger partial charge >= 0.3 is 0 Å². The molecule has 5 heteroatoms. The number of para-hydroxylation sites is 1. The minimum atomic E-state index is -0.579. The van der Waals surface area contributed by atoms with Crippen LogP contribution in [0.25, 0.3) is 22.4 Å². The van der Waals surface area contributed by atoms with Gasteiger partial charge in [0.15, 0.2) is 17.5 Å². The highest BCUT2D eigenvalue weighted by Gasteiger charge is 2.11.